The lowest BCUT2D eigenvalue weighted by molar-refractivity contribution is -0.138. The van der Waals surface area contributed by atoms with Crippen molar-refractivity contribution in [1.82, 2.24) is 10.2 Å². The van der Waals surface area contributed by atoms with Gasteiger partial charge in [-0.3, -0.25) is 4.79 Å². The number of hydrogen-bond acceptors (Lipinski definition) is 2. The summed E-state index contributed by atoms with van der Waals surface area (Å²) in [5, 5.41) is 11.5. The molecule has 5 heteroatoms. The summed E-state index contributed by atoms with van der Waals surface area (Å²) in [6.07, 6.45) is 3.17. The third-order valence-corrected chi connectivity index (χ3v) is 2.67. The van der Waals surface area contributed by atoms with E-state index >= 15 is 0 Å². The van der Waals surface area contributed by atoms with E-state index in [1.54, 1.807) is 13.8 Å². The lowest BCUT2D eigenvalue weighted by atomic mass is 10.1. The molecule has 0 spiro atoms. The van der Waals surface area contributed by atoms with E-state index in [1.165, 1.54) is 4.90 Å². The van der Waals surface area contributed by atoms with Crippen LogP contribution in [0.4, 0.5) is 4.79 Å². The smallest absolute Gasteiger partial charge is 0.323 e. The maximum Gasteiger partial charge on any atom is 0.323 e. The average Bonchev–Trinajstić information content (AvgIpc) is 2.24. The fourth-order valence-electron chi connectivity index (χ4n) is 1.61. The van der Waals surface area contributed by atoms with Gasteiger partial charge in [-0.25, -0.2) is 4.79 Å². The van der Waals surface area contributed by atoms with Gasteiger partial charge in [0.1, 0.15) is 6.54 Å². The Labute approximate surface area is 110 Å². The fraction of sp³-hybridized carbons (Fsp3) is 0.846. The molecule has 2 amide bonds. The van der Waals surface area contributed by atoms with Crippen molar-refractivity contribution in [2.45, 2.75) is 53.0 Å². The minimum absolute atomic E-state index is 0.114. The topological polar surface area (TPSA) is 69.6 Å². The Balaban J connectivity index is 3.93. The number of urea groups is 1. The molecule has 5 nitrogen and oxygen atoms in total. The molecule has 0 aromatic rings. The van der Waals surface area contributed by atoms with Crippen LogP contribution in [0.2, 0.25) is 0 Å². The van der Waals surface area contributed by atoms with Gasteiger partial charge in [0.25, 0.3) is 0 Å². The Morgan fingerprint density at radius 2 is 1.78 bits per heavy atom. The highest BCUT2D eigenvalue weighted by molar-refractivity contribution is 5.80. The van der Waals surface area contributed by atoms with Crippen LogP contribution in [-0.2, 0) is 4.79 Å². The molecule has 18 heavy (non-hydrogen) atoms. The monoisotopic (exact) mass is 258 g/mol. The van der Waals surface area contributed by atoms with E-state index in [2.05, 4.69) is 19.2 Å². The standard InChI is InChI=1S/C13H26N2O3/c1-10(2)7-5-6-8-14-13(18)15(11(3)4)9-12(16)17/h10-11H,5-9H2,1-4H3,(H,14,18)(H,16,17). The number of amides is 2. The number of hydrogen-bond donors (Lipinski definition) is 2. The summed E-state index contributed by atoms with van der Waals surface area (Å²) in [6, 6.07) is -0.409. The Bertz CT molecular complexity index is 265. The largest absolute Gasteiger partial charge is 0.480 e. The van der Waals surface area contributed by atoms with Crippen molar-refractivity contribution in [3.05, 3.63) is 0 Å². The SMILES string of the molecule is CC(C)CCCCNC(=O)N(CC(=O)O)C(C)C. The molecule has 106 valence electrons. The minimum atomic E-state index is -0.987. The Hall–Kier alpha value is -1.26. The number of carbonyl (C=O) groups excluding carboxylic acids is 1. The molecule has 2 N–H and O–H groups in total. The van der Waals surface area contributed by atoms with E-state index in [1.807, 2.05) is 0 Å². The molecule has 0 fully saturated rings. The van der Waals surface area contributed by atoms with Crippen LogP contribution in [0.25, 0.3) is 0 Å². The second kappa shape index (κ2) is 8.78. The van der Waals surface area contributed by atoms with Gasteiger partial charge in [0.2, 0.25) is 0 Å². The molecule has 0 aromatic carbocycles. The van der Waals surface area contributed by atoms with Crippen LogP contribution in [0.1, 0.15) is 47.0 Å². The molecule has 0 aliphatic heterocycles. The Morgan fingerprint density at radius 1 is 1.17 bits per heavy atom. The van der Waals surface area contributed by atoms with Gasteiger partial charge in [-0.05, 0) is 26.2 Å². The van der Waals surface area contributed by atoms with Gasteiger partial charge < -0.3 is 15.3 Å². The number of carbonyl (C=O) groups is 2. The summed E-state index contributed by atoms with van der Waals surface area (Å²) in [5.41, 5.74) is 0. The number of rotatable bonds is 8. The van der Waals surface area contributed by atoms with Crippen molar-refractivity contribution < 1.29 is 14.7 Å². The average molecular weight is 258 g/mol. The molecule has 0 unspecified atom stereocenters. The van der Waals surface area contributed by atoms with Gasteiger partial charge in [0.05, 0.1) is 0 Å². The first-order valence-corrected chi connectivity index (χ1v) is 6.60. The number of carboxylic acid groups (broad SMARTS) is 1. The highest BCUT2D eigenvalue weighted by Crippen LogP contribution is 2.05. The zero-order valence-corrected chi connectivity index (χ0v) is 11.9. The van der Waals surface area contributed by atoms with Crippen molar-refractivity contribution >= 4 is 12.0 Å². The van der Waals surface area contributed by atoms with Crippen LogP contribution in [0.3, 0.4) is 0 Å². The van der Waals surface area contributed by atoms with Crippen LogP contribution >= 0.6 is 0 Å². The first-order valence-electron chi connectivity index (χ1n) is 6.60. The van der Waals surface area contributed by atoms with Gasteiger partial charge in [-0.2, -0.15) is 0 Å². The Kier molecular flexibility index (Phi) is 8.16. The van der Waals surface area contributed by atoms with Gasteiger partial charge in [0, 0.05) is 12.6 Å². The summed E-state index contributed by atoms with van der Waals surface area (Å²) in [5.74, 6) is -0.307. The second-order valence-corrected chi connectivity index (χ2v) is 5.24. The number of nitrogens with one attached hydrogen (secondary N) is 1. The van der Waals surface area contributed by atoms with Crippen LogP contribution in [0.5, 0.6) is 0 Å². The first kappa shape index (κ1) is 16.7. The lowest BCUT2D eigenvalue weighted by Gasteiger charge is -2.25. The maximum atomic E-state index is 11.8. The maximum absolute atomic E-state index is 11.8. The second-order valence-electron chi connectivity index (χ2n) is 5.24. The van der Waals surface area contributed by atoms with Gasteiger partial charge in [-0.15, -0.1) is 0 Å². The molecular formula is C13H26N2O3. The molecule has 0 heterocycles. The van der Waals surface area contributed by atoms with Crippen LogP contribution in [0, 0.1) is 5.92 Å². The van der Waals surface area contributed by atoms with Crippen molar-refractivity contribution in [2.24, 2.45) is 5.92 Å². The van der Waals surface area contributed by atoms with Crippen LogP contribution in [0.15, 0.2) is 0 Å². The number of carboxylic acids is 1. The molecule has 0 rings (SSSR count). The molecule has 0 saturated heterocycles. The van der Waals surface area contributed by atoms with Crippen molar-refractivity contribution in [1.29, 1.82) is 0 Å². The normalized spacial score (nSPS) is 10.8. The van der Waals surface area contributed by atoms with Crippen molar-refractivity contribution in [3.8, 4) is 0 Å². The van der Waals surface area contributed by atoms with E-state index in [4.69, 9.17) is 5.11 Å². The van der Waals surface area contributed by atoms with E-state index < -0.39 is 5.97 Å². The van der Waals surface area contributed by atoms with Crippen molar-refractivity contribution in [2.75, 3.05) is 13.1 Å². The summed E-state index contributed by atoms with van der Waals surface area (Å²) < 4.78 is 0. The predicted octanol–water partition coefficient (Wildman–Crippen LogP) is 2.32. The Morgan fingerprint density at radius 3 is 2.22 bits per heavy atom. The highest BCUT2D eigenvalue weighted by atomic mass is 16.4. The molecule has 0 aliphatic carbocycles. The quantitative estimate of drug-likeness (QED) is 0.656. The lowest BCUT2D eigenvalue weighted by Crippen LogP contribution is -2.46. The van der Waals surface area contributed by atoms with Gasteiger partial charge >= 0.3 is 12.0 Å². The van der Waals surface area contributed by atoms with Crippen LogP contribution in [-0.4, -0.2) is 41.1 Å². The van der Waals surface area contributed by atoms with E-state index in [-0.39, 0.29) is 18.6 Å². The summed E-state index contributed by atoms with van der Waals surface area (Å²) >= 11 is 0. The summed E-state index contributed by atoms with van der Waals surface area (Å²) in [6.45, 7) is 8.31. The number of aliphatic carboxylic acids is 1. The summed E-state index contributed by atoms with van der Waals surface area (Å²) in [7, 11) is 0. The highest BCUT2D eigenvalue weighted by Gasteiger charge is 2.18. The van der Waals surface area contributed by atoms with E-state index in [9.17, 15) is 9.59 Å². The molecule has 0 bridgehead atoms. The fourth-order valence-corrected chi connectivity index (χ4v) is 1.61. The zero-order chi connectivity index (χ0) is 14.1. The number of nitrogens with zero attached hydrogens (tertiary/aromatic N) is 1. The molecule has 0 atom stereocenters. The first-order chi connectivity index (χ1) is 8.34. The molecular weight excluding hydrogens is 232 g/mol. The van der Waals surface area contributed by atoms with Gasteiger partial charge in [-0.1, -0.05) is 26.7 Å². The van der Waals surface area contributed by atoms with E-state index in [0.717, 1.165) is 19.3 Å². The predicted molar refractivity (Wildman–Crippen MR) is 71.6 cm³/mol. The summed E-state index contributed by atoms with van der Waals surface area (Å²) in [4.78, 5) is 23.7. The van der Waals surface area contributed by atoms with Gasteiger partial charge in [0.15, 0.2) is 0 Å². The third kappa shape index (κ3) is 7.92. The molecule has 0 aromatic heterocycles. The van der Waals surface area contributed by atoms with E-state index in [0.29, 0.717) is 12.5 Å². The van der Waals surface area contributed by atoms with Crippen LogP contribution < -0.4 is 5.32 Å². The number of unbranched alkanes of at least 4 members (excludes halogenated alkanes) is 1. The molecule has 0 saturated carbocycles. The minimum Gasteiger partial charge on any atom is -0.480 e. The van der Waals surface area contributed by atoms with Crippen molar-refractivity contribution in [3.63, 3.8) is 0 Å². The molecule has 0 radical (unpaired) electrons. The third-order valence-electron chi connectivity index (χ3n) is 2.67. The zero-order valence-electron chi connectivity index (χ0n) is 11.9. The molecule has 0 aliphatic rings.